The summed E-state index contributed by atoms with van der Waals surface area (Å²) in [6.45, 7) is 7.05. The Kier molecular flexibility index (Phi) is 4.57. The quantitative estimate of drug-likeness (QED) is 0.843. The summed E-state index contributed by atoms with van der Waals surface area (Å²) in [7, 11) is 0. The van der Waals surface area contributed by atoms with E-state index in [4.69, 9.17) is 9.15 Å². The van der Waals surface area contributed by atoms with Gasteiger partial charge in [-0.3, -0.25) is 4.79 Å². The molecule has 2 aromatic rings. The molecule has 6 heteroatoms. The Morgan fingerprint density at radius 3 is 2.81 bits per heavy atom. The first-order valence-corrected chi connectivity index (χ1v) is 9.35. The van der Waals surface area contributed by atoms with Gasteiger partial charge in [-0.2, -0.15) is 0 Å². The molecule has 26 heavy (non-hydrogen) atoms. The summed E-state index contributed by atoms with van der Waals surface area (Å²) in [5.74, 6) is 3.22. The molecule has 4 rings (SSSR count). The summed E-state index contributed by atoms with van der Waals surface area (Å²) in [6, 6.07) is 5.71. The number of hydrogen-bond donors (Lipinski definition) is 0. The van der Waals surface area contributed by atoms with Gasteiger partial charge < -0.3 is 19.0 Å². The summed E-state index contributed by atoms with van der Waals surface area (Å²) in [5.41, 5.74) is 0.655. The van der Waals surface area contributed by atoms with Crippen LogP contribution in [-0.4, -0.2) is 48.1 Å². The maximum absolute atomic E-state index is 12.7. The van der Waals surface area contributed by atoms with Crippen LogP contribution < -0.4 is 9.64 Å². The lowest BCUT2D eigenvalue weighted by molar-refractivity contribution is 0.0770. The summed E-state index contributed by atoms with van der Waals surface area (Å²) >= 11 is 0. The Morgan fingerprint density at radius 1 is 1.27 bits per heavy atom. The predicted octanol–water partition coefficient (Wildman–Crippen LogP) is 3.19. The number of aromatic nitrogens is 1. The maximum atomic E-state index is 12.7. The molecular formula is C20H25N3O3. The normalized spacial score (nSPS) is 20.0. The number of rotatable bonds is 4. The number of amides is 1. The summed E-state index contributed by atoms with van der Waals surface area (Å²) in [4.78, 5) is 21.4. The number of ether oxygens (including phenoxy) is 1. The molecule has 1 atom stereocenters. The van der Waals surface area contributed by atoms with E-state index in [1.807, 2.05) is 43.1 Å². The van der Waals surface area contributed by atoms with Gasteiger partial charge in [0.25, 0.3) is 5.91 Å². The van der Waals surface area contributed by atoms with Gasteiger partial charge in [-0.25, -0.2) is 4.98 Å². The first-order chi connectivity index (χ1) is 12.6. The number of carbonyl (C=O) groups excluding carboxylic acids is 1. The number of pyridine rings is 1. The molecule has 0 spiro atoms. The zero-order chi connectivity index (χ0) is 18.1. The molecule has 2 saturated heterocycles. The van der Waals surface area contributed by atoms with Crippen LogP contribution in [0.4, 0.5) is 5.82 Å². The molecule has 138 valence electrons. The van der Waals surface area contributed by atoms with E-state index in [1.165, 1.54) is 12.8 Å². The van der Waals surface area contributed by atoms with Crippen LogP contribution in [0.1, 0.15) is 41.1 Å². The first-order valence-electron chi connectivity index (χ1n) is 9.35. The second-order valence-electron chi connectivity index (χ2n) is 7.13. The van der Waals surface area contributed by atoms with Crippen molar-refractivity contribution in [2.75, 3.05) is 31.1 Å². The Labute approximate surface area is 153 Å². The van der Waals surface area contributed by atoms with Crippen molar-refractivity contribution in [3.8, 4) is 5.75 Å². The largest absolute Gasteiger partial charge is 0.485 e. The highest BCUT2D eigenvalue weighted by Crippen LogP contribution is 2.30. The van der Waals surface area contributed by atoms with Gasteiger partial charge >= 0.3 is 0 Å². The third-order valence-corrected chi connectivity index (χ3v) is 5.15. The molecule has 6 nitrogen and oxygen atoms in total. The fourth-order valence-corrected chi connectivity index (χ4v) is 3.84. The number of anilines is 1. The number of hydrogen-bond acceptors (Lipinski definition) is 5. The van der Waals surface area contributed by atoms with Crippen LogP contribution in [0, 0.1) is 13.8 Å². The molecule has 2 fully saturated rings. The van der Waals surface area contributed by atoms with Crippen molar-refractivity contribution in [2.45, 2.75) is 39.2 Å². The number of furan rings is 1. The molecule has 0 aromatic carbocycles. The van der Waals surface area contributed by atoms with Crippen LogP contribution in [-0.2, 0) is 0 Å². The van der Waals surface area contributed by atoms with Gasteiger partial charge in [0.05, 0.1) is 12.1 Å². The standard InChI is InChI=1S/C20H25N3O3/c1-14-12-17(15(2)25-14)20(24)23-11-7-16(13-23)26-18-6-5-8-21-19(18)22-9-3-4-10-22/h5-6,8,12,16H,3-4,7,9-11,13H2,1-2H3/t16-/m0/s1. The van der Waals surface area contributed by atoms with Crippen molar-refractivity contribution in [2.24, 2.45) is 0 Å². The second kappa shape index (κ2) is 7.02. The van der Waals surface area contributed by atoms with Gasteiger partial charge in [0, 0.05) is 32.3 Å². The van der Waals surface area contributed by atoms with Gasteiger partial charge in [-0.1, -0.05) is 0 Å². The zero-order valence-corrected chi connectivity index (χ0v) is 15.4. The van der Waals surface area contributed by atoms with E-state index in [2.05, 4.69) is 9.88 Å². The Balaban J connectivity index is 1.43. The molecule has 0 aliphatic carbocycles. The van der Waals surface area contributed by atoms with Gasteiger partial charge in [0.15, 0.2) is 11.6 Å². The minimum absolute atomic E-state index is 0.00203. The van der Waals surface area contributed by atoms with Gasteiger partial charge in [-0.15, -0.1) is 0 Å². The molecule has 0 bridgehead atoms. The molecule has 0 N–H and O–H groups in total. The number of aryl methyl sites for hydroxylation is 2. The zero-order valence-electron chi connectivity index (χ0n) is 15.4. The lowest BCUT2D eigenvalue weighted by atomic mass is 10.2. The fourth-order valence-electron chi connectivity index (χ4n) is 3.84. The molecular weight excluding hydrogens is 330 g/mol. The highest BCUT2D eigenvalue weighted by atomic mass is 16.5. The van der Waals surface area contributed by atoms with Crippen molar-refractivity contribution in [1.82, 2.24) is 9.88 Å². The van der Waals surface area contributed by atoms with Crippen LogP contribution in [0.5, 0.6) is 5.75 Å². The molecule has 0 radical (unpaired) electrons. The van der Waals surface area contributed by atoms with E-state index in [-0.39, 0.29) is 12.0 Å². The Morgan fingerprint density at radius 2 is 2.08 bits per heavy atom. The molecule has 2 aliphatic heterocycles. The summed E-state index contributed by atoms with van der Waals surface area (Å²) in [6.07, 6.45) is 5.04. The maximum Gasteiger partial charge on any atom is 0.257 e. The first kappa shape index (κ1) is 16.9. The summed E-state index contributed by atoms with van der Waals surface area (Å²) < 4.78 is 11.7. The average Bonchev–Trinajstić information content (AvgIpc) is 3.36. The second-order valence-corrected chi connectivity index (χ2v) is 7.13. The molecule has 2 aliphatic rings. The van der Waals surface area contributed by atoms with E-state index < -0.39 is 0 Å². The van der Waals surface area contributed by atoms with Crippen LogP contribution in [0.3, 0.4) is 0 Å². The van der Waals surface area contributed by atoms with Crippen molar-refractivity contribution in [3.05, 3.63) is 41.5 Å². The van der Waals surface area contributed by atoms with Crippen molar-refractivity contribution in [1.29, 1.82) is 0 Å². The number of nitrogens with zero attached hydrogens (tertiary/aromatic N) is 3. The predicted molar refractivity (Wildman–Crippen MR) is 98.8 cm³/mol. The highest BCUT2D eigenvalue weighted by Gasteiger charge is 2.31. The minimum Gasteiger partial charge on any atom is -0.485 e. The van der Waals surface area contributed by atoms with E-state index >= 15 is 0 Å². The van der Waals surface area contributed by atoms with Crippen molar-refractivity contribution < 1.29 is 13.9 Å². The lowest BCUT2D eigenvalue weighted by Crippen LogP contribution is -2.31. The smallest absolute Gasteiger partial charge is 0.257 e. The van der Waals surface area contributed by atoms with Crippen molar-refractivity contribution in [3.63, 3.8) is 0 Å². The Bertz CT molecular complexity index is 795. The summed E-state index contributed by atoms with van der Waals surface area (Å²) in [5, 5.41) is 0. The van der Waals surface area contributed by atoms with Crippen molar-refractivity contribution >= 4 is 11.7 Å². The van der Waals surface area contributed by atoms with Gasteiger partial charge in [0.1, 0.15) is 17.6 Å². The molecule has 1 amide bonds. The number of likely N-dealkylation sites (tertiary alicyclic amines) is 1. The SMILES string of the molecule is Cc1cc(C(=O)N2CC[C@H](Oc3cccnc3N3CCCC3)C2)c(C)o1. The van der Waals surface area contributed by atoms with Gasteiger partial charge in [-0.05, 0) is 44.9 Å². The van der Waals surface area contributed by atoms with Crippen LogP contribution in [0.15, 0.2) is 28.8 Å². The monoisotopic (exact) mass is 355 g/mol. The van der Waals surface area contributed by atoms with Crippen LogP contribution in [0.2, 0.25) is 0 Å². The van der Waals surface area contributed by atoms with Crippen LogP contribution >= 0.6 is 0 Å². The minimum atomic E-state index is -0.00203. The molecule has 0 unspecified atom stereocenters. The third-order valence-electron chi connectivity index (χ3n) is 5.15. The van der Waals surface area contributed by atoms with E-state index in [0.29, 0.717) is 24.4 Å². The highest BCUT2D eigenvalue weighted by molar-refractivity contribution is 5.95. The topological polar surface area (TPSA) is 58.8 Å². The van der Waals surface area contributed by atoms with E-state index in [9.17, 15) is 4.79 Å². The molecule has 2 aromatic heterocycles. The van der Waals surface area contributed by atoms with E-state index in [1.54, 1.807) is 0 Å². The molecule has 4 heterocycles. The lowest BCUT2D eigenvalue weighted by Gasteiger charge is -2.22. The molecule has 0 saturated carbocycles. The van der Waals surface area contributed by atoms with Crippen LogP contribution in [0.25, 0.3) is 0 Å². The average molecular weight is 355 g/mol. The number of carbonyl (C=O) groups is 1. The Hall–Kier alpha value is -2.50. The van der Waals surface area contributed by atoms with Gasteiger partial charge in [0.2, 0.25) is 0 Å². The van der Waals surface area contributed by atoms with E-state index in [0.717, 1.165) is 36.8 Å². The third kappa shape index (κ3) is 3.28. The fraction of sp³-hybridized carbons (Fsp3) is 0.500.